The fourth-order valence-electron chi connectivity index (χ4n) is 6.96. The molecule has 0 bridgehead atoms. The molecule has 0 aromatic carbocycles. The third-order valence-corrected chi connectivity index (χ3v) is 14.7. The van der Waals surface area contributed by atoms with Crippen LogP contribution in [0.2, 0.25) is 0 Å². The van der Waals surface area contributed by atoms with Gasteiger partial charge in [-0.25, -0.2) is 28.6 Å². The van der Waals surface area contributed by atoms with Crippen molar-refractivity contribution in [1.82, 2.24) is 30.2 Å². The van der Waals surface area contributed by atoms with Crippen molar-refractivity contribution in [3.63, 3.8) is 0 Å². The Balaban J connectivity index is 1.30. The molecule has 1 aliphatic rings. The number of amides is 2. The van der Waals surface area contributed by atoms with Crippen molar-refractivity contribution in [3.05, 3.63) is 12.7 Å². The number of carbonyl (C=O) groups is 3. The Bertz CT molecular complexity index is 2010. The number of imidazole rings is 1. The number of nitrogens with two attached hydrogens (primary N) is 1. The Labute approximate surface area is 395 Å². The fourth-order valence-corrected chi connectivity index (χ4v) is 10.5. The number of fused-ring (bicyclic) bond motifs is 1. The average Bonchev–Trinajstić information content (AvgIpc) is 3.80. The van der Waals surface area contributed by atoms with Crippen LogP contribution in [0.1, 0.15) is 130 Å². The molecule has 67 heavy (non-hydrogen) atoms. The van der Waals surface area contributed by atoms with Crippen LogP contribution in [0, 0.1) is 11.3 Å². The van der Waals surface area contributed by atoms with Crippen LogP contribution >= 0.6 is 35.2 Å². The van der Waals surface area contributed by atoms with Crippen LogP contribution in [-0.2, 0) is 50.7 Å². The van der Waals surface area contributed by atoms with Crippen LogP contribution in [-0.4, -0.2) is 123 Å². The zero-order valence-electron chi connectivity index (χ0n) is 38.6. The number of carbonyl (C=O) groups excluding carboxylic acids is 3. The second-order valence-electron chi connectivity index (χ2n) is 17.5. The standard InChI is InChI=1S/C39H70N7O17P3S/c1-27(2)17-15-13-11-9-7-5-6-8-10-12-14-16-18-30(48)67-22-21-41-29(47)19-20-42-37(51)34(50)39(3,4)24-60-66(57,58)63-65(55,56)59-23-28-33(62-64(52,53)54)32(49)38(61-28)46-26-45-31-35(40)43-25-44-36(31)46/h25-28,32-34,38,49-50H,5-24H2,1-4H3,(H,41,47)(H,42,51)(H,55,56)(H,57,58)(H2,40,43,44)(H2,52,53,54). The van der Waals surface area contributed by atoms with E-state index in [2.05, 4.69) is 48.3 Å². The summed E-state index contributed by atoms with van der Waals surface area (Å²) in [6.07, 6.45) is 9.58. The summed E-state index contributed by atoms with van der Waals surface area (Å²) in [4.78, 5) is 88.4. The molecule has 7 atom stereocenters. The maximum Gasteiger partial charge on any atom is 0.481 e. The molecule has 3 rings (SSSR count). The van der Waals surface area contributed by atoms with E-state index in [0.29, 0.717) is 12.2 Å². The van der Waals surface area contributed by atoms with E-state index in [9.17, 15) is 57.9 Å². The van der Waals surface area contributed by atoms with E-state index in [1.807, 2.05) is 0 Å². The van der Waals surface area contributed by atoms with Gasteiger partial charge in [-0.3, -0.25) is 32.5 Å². The summed E-state index contributed by atoms with van der Waals surface area (Å²) in [6, 6.07) is 0. The average molecular weight is 1030 g/mol. The highest BCUT2D eigenvalue weighted by molar-refractivity contribution is 8.13. The molecule has 1 aliphatic heterocycles. The predicted octanol–water partition coefficient (Wildman–Crippen LogP) is 4.78. The zero-order chi connectivity index (χ0) is 49.8. The molecule has 7 unspecified atom stereocenters. The topological polar surface area (TPSA) is 364 Å². The highest BCUT2D eigenvalue weighted by Crippen LogP contribution is 2.61. The third kappa shape index (κ3) is 22.0. The molecule has 1 saturated heterocycles. The van der Waals surface area contributed by atoms with Gasteiger partial charge in [-0.2, -0.15) is 4.31 Å². The molecule has 28 heteroatoms. The Morgan fingerprint density at radius 1 is 0.866 bits per heavy atom. The second kappa shape index (κ2) is 28.4. The number of hydrogen-bond donors (Lipinski definition) is 9. The number of anilines is 1. The van der Waals surface area contributed by atoms with Gasteiger partial charge >= 0.3 is 23.5 Å². The molecule has 384 valence electrons. The van der Waals surface area contributed by atoms with Gasteiger partial charge in [0.15, 0.2) is 22.8 Å². The first-order valence-electron chi connectivity index (χ1n) is 22.5. The van der Waals surface area contributed by atoms with Gasteiger partial charge in [0.2, 0.25) is 11.8 Å². The van der Waals surface area contributed by atoms with Gasteiger partial charge in [0.25, 0.3) is 0 Å². The number of nitrogens with one attached hydrogen (secondary N) is 2. The van der Waals surface area contributed by atoms with Crippen LogP contribution in [0.5, 0.6) is 0 Å². The first-order chi connectivity index (χ1) is 31.4. The molecule has 2 amide bonds. The highest BCUT2D eigenvalue weighted by atomic mass is 32.2. The maximum atomic E-state index is 12.7. The molecular formula is C39H70N7O17P3S. The number of unbranched alkanes of at least 4 members (excludes halogenated alkanes) is 11. The molecule has 2 aromatic heterocycles. The van der Waals surface area contributed by atoms with Gasteiger partial charge in [0, 0.05) is 37.1 Å². The van der Waals surface area contributed by atoms with Gasteiger partial charge in [-0.1, -0.05) is 117 Å². The third-order valence-electron chi connectivity index (χ3n) is 10.7. The fraction of sp³-hybridized carbons (Fsp3) is 0.795. The Hall–Kier alpha value is -2.44. The van der Waals surface area contributed by atoms with E-state index in [-0.39, 0.29) is 41.6 Å². The maximum absolute atomic E-state index is 12.7. The lowest BCUT2D eigenvalue weighted by Gasteiger charge is -2.30. The van der Waals surface area contributed by atoms with Crippen LogP contribution in [0.4, 0.5) is 5.82 Å². The molecule has 10 N–H and O–H groups in total. The predicted molar refractivity (Wildman–Crippen MR) is 247 cm³/mol. The van der Waals surface area contributed by atoms with Crippen molar-refractivity contribution < 1.29 is 80.5 Å². The van der Waals surface area contributed by atoms with E-state index in [0.717, 1.165) is 54.2 Å². The van der Waals surface area contributed by atoms with Crippen molar-refractivity contribution in [3.8, 4) is 0 Å². The molecule has 0 spiro atoms. The molecular weight excluding hydrogens is 963 g/mol. The van der Waals surface area contributed by atoms with Crippen LogP contribution in [0.15, 0.2) is 12.7 Å². The first-order valence-corrected chi connectivity index (χ1v) is 28.0. The van der Waals surface area contributed by atoms with Crippen LogP contribution in [0.25, 0.3) is 11.2 Å². The number of phosphoric acid groups is 3. The molecule has 0 aliphatic carbocycles. The van der Waals surface area contributed by atoms with Crippen molar-refractivity contribution in [2.24, 2.45) is 11.3 Å². The zero-order valence-corrected chi connectivity index (χ0v) is 42.1. The lowest BCUT2D eigenvalue weighted by atomic mass is 9.87. The van der Waals surface area contributed by atoms with Gasteiger partial charge in [-0.05, 0) is 12.3 Å². The smallest absolute Gasteiger partial charge is 0.386 e. The summed E-state index contributed by atoms with van der Waals surface area (Å²) in [5.41, 5.74) is 4.29. The molecule has 0 radical (unpaired) electrons. The summed E-state index contributed by atoms with van der Waals surface area (Å²) in [6.45, 7) is 5.13. The van der Waals surface area contributed by atoms with Crippen LogP contribution in [0.3, 0.4) is 0 Å². The molecule has 24 nitrogen and oxygen atoms in total. The molecule has 3 heterocycles. The number of ether oxygens (including phenoxy) is 1. The van der Waals surface area contributed by atoms with Crippen molar-refractivity contribution in [2.45, 2.75) is 155 Å². The van der Waals surface area contributed by atoms with Gasteiger partial charge in [0.05, 0.1) is 19.5 Å². The molecule has 2 aromatic rings. The SMILES string of the molecule is CC(C)CCCCCCCCCCCCCCC(=O)SCCNC(=O)CCNC(=O)C(O)C(C)(C)COP(=O)(O)OP(=O)(O)OCC1OC(n2cnc3c(N)ncnc32)C(O)C1OP(=O)(O)O. The number of nitrogens with zero attached hydrogens (tertiary/aromatic N) is 4. The first kappa shape index (κ1) is 58.9. The normalized spacial score (nSPS) is 20.2. The minimum absolute atomic E-state index is 0.0338. The van der Waals surface area contributed by atoms with E-state index in [1.54, 1.807) is 0 Å². The van der Waals surface area contributed by atoms with Gasteiger partial charge in [-0.15, -0.1) is 0 Å². The monoisotopic (exact) mass is 1030 g/mol. The molecule has 0 saturated carbocycles. The van der Waals surface area contributed by atoms with Crippen LogP contribution < -0.4 is 16.4 Å². The van der Waals surface area contributed by atoms with E-state index in [4.69, 9.17) is 19.5 Å². The largest absolute Gasteiger partial charge is 0.481 e. The summed E-state index contributed by atoms with van der Waals surface area (Å²) < 4.78 is 62.4. The lowest BCUT2D eigenvalue weighted by Crippen LogP contribution is -2.46. The van der Waals surface area contributed by atoms with E-state index in [1.165, 1.54) is 78.1 Å². The van der Waals surface area contributed by atoms with Crippen molar-refractivity contribution in [1.29, 1.82) is 0 Å². The number of aliphatic hydroxyl groups is 2. The van der Waals surface area contributed by atoms with Gasteiger partial charge in [0.1, 0.15) is 36.3 Å². The van der Waals surface area contributed by atoms with Crippen molar-refractivity contribution >= 4 is 69.1 Å². The molecule has 1 fully saturated rings. The quantitative estimate of drug-likeness (QED) is 0.0336. The lowest BCUT2D eigenvalue weighted by molar-refractivity contribution is -0.137. The number of aromatic nitrogens is 4. The minimum atomic E-state index is -5.57. The number of hydrogen-bond acceptors (Lipinski definition) is 18. The summed E-state index contributed by atoms with van der Waals surface area (Å²) in [5, 5.41) is 26.7. The number of nitrogen functional groups attached to an aromatic ring is 1. The summed E-state index contributed by atoms with van der Waals surface area (Å²) >= 11 is 1.16. The minimum Gasteiger partial charge on any atom is -0.386 e. The second-order valence-corrected chi connectivity index (χ2v) is 22.9. The summed E-state index contributed by atoms with van der Waals surface area (Å²) in [5.74, 6) is -0.223. The number of aliphatic hydroxyl groups excluding tert-OH is 2. The van der Waals surface area contributed by atoms with Crippen molar-refractivity contribution in [2.75, 3.05) is 37.8 Å². The Morgan fingerprint density at radius 2 is 1.46 bits per heavy atom. The van der Waals surface area contributed by atoms with E-state index >= 15 is 0 Å². The number of rotatable bonds is 34. The number of phosphoric ester groups is 3. The Morgan fingerprint density at radius 3 is 2.07 bits per heavy atom. The summed E-state index contributed by atoms with van der Waals surface area (Å²) in [7, 11) is -16.4. The highest BCUT2D eigenvalue weighted by Gasteiger charge is 2.50. The number of thioether (sulfide) groups is 1. The Kier molecular flexibility index (Phi) is 25.0. The van der Waals surface area contributed by atoms with Gasteiger partial charge < -0.3 is 50.9 Å². The van der Waals surface area contributed by atoms with E-state index < -0.39 is 84.6 Å².